The largest absolute Gasteiger partial charge is 0.348 e. The van der Waals surface area contributed by atoms with Crippen LogP contribution in [0, 0.1) is 12.8 Å². The molecular formula is C20H26N2O3S. The fraction of sp³-hybridized carbons (Fsp3) is 0.350. The van der Waals surface area contributed by atoms with E-state index in [4.69, 9.17) is 0 Å². The molecule has 26 heavy (non-hydrogen) atoms. The maximum absolute atomic E-state index is 12.7. The molecule has 0 radical (unpaired) electrons. The summed E-state index contributed by atoms with van der Waals surface area (Å²) in [7, 11) is -3.78. The molecule has 0 aliphatic heterocycles. The van der Waals surface area contributed by atoms with E-state index < -0.39 is 16.1 Å². The van der Waals surface area contributed by atoms with Crippen LogP contribution in [0.25, 0.3) is 0 Å². The number of sulfonamides is 1. The Morgan fingerprint density at radius 2 is 1.50 bits per heavy atom. The Balaban J connectivity index is 2.15. The lowest BCUT2D eigenvalue weighted by molar-refractivity contribution is -0.124. The Morgan fingerprint density at radius 1 is 0.923 bits per heavy atom. The molecule has 2 rings (SSSR count). The molecule has 2 aromatic carbocycles. The smallest absolute Gasteiger partial charge is 0.241 e. The van der Waals surface area contributed by atoms with E-state index in [9.17, 15) is 13.2 Å². The van der Waals surface area contributed by atoms with Gasteiger partial charge >= 0.3 is 0 Å². The molecule has 0 aromatic heterocycles. The highest BCUT2D eigenvalue weighted by Crippen LogP contribution is 2.15. The second-order valence-corrected chi connectivity index (χ2v) is 8.51. The van der Waals surface area contributed by atoms with E-state index in [1.54, 1.807) is 24.3 Å². The molecule has 5 nitrogen and oxygen atoms in total. The van der Waals surface area contributed by atoms with Crippen molar-refractivity contribution in [2.24, 2.45) is 5.92 Å². The molecule has 2 atom stereocenters. The van der Waals surface area contributed by atoms with Crippen molar-refractivity contribution in [3.8, 4) is 0 Å². The fourth-order valence-corrected chi connectivity index (χ4v) is 3.92. The molecule has 0 aliphatic carbocycles. The Hall–Kier alpha value is -2.18. The van der Waals surface area contributed by atoms with Gasteiger partial charge in [-0.3, -0.25) is 4.79 Å². The first-order valence-corrected chi connectivity index (χ1v) is 10.1. The van der Waals surface area contributed by atoms with Gasteiger partial charge in [0.1, 0.15) is 6.04 Å². The zero-order chi connectivity index (χ0) is 19.3. The maximum Gasteiger partial charge on any atom is 0.241 e. The van der Waals surface area contributed by atoms with Crippen LogP contribution >= 0.6 is 0 Å². The van der Waals surface area contributed by atoms with Crippen LogP contribution in [0.5, 0.6) is 0 Å². The topological polar surface area (TPSA) is 75.3 Å². The van der Waals surface area contributed by atoms with Gasteiger partial charge in [0.25, 0.3) is 0 Å². The van der Waals surface area contributed by atoms with Crippen molar-refractivity contribution < 1.29 is 13.2 Å². The molecule has 6 heteroatoms. The Kier molecular flexibility index (Phi) is 6.56. The standard InChI is InChI=1S/C20H26N2O3S/c1-14(2)19(20(23)21-16(4)17-8-6-5-7-9-17)22-26(24,25)18-12-10-15(3)11-13-18/h5-14,16,19,22H,1-4H3,(H,21,23)/t16-,19-/m1/s1. The molecule has 0 spiro atoms. The van der Waals surface area contributed by atoms with Crippen molar-refractivity contribution in [2.75, 3.05) is 0 Å². The molecule has 0 bridgehead atoms. The van der Waals surface area contributed by atoms with Crippen LogP contribution in [0.4, 0.5) is 0 Å². The monoisotopic (exact) mass is 374 g/mol. The number of aryl methyl sites for hydroxylation is 1. The van der Waals surface area contributed by atoms with Crippen LogP contribution in [0.3, 0.4) is 0 Å². The highest BCUT2D eigenvalue weighted by Gasteiger charge is 2.29. The van der Waals surface area contributed by atoms with E-state index in [2.05, 4.69) is 10.0 Å². The third-order valence-corrected chi connectivity index (χ3v) is 5.68. The molecule has 0 unspecified atom stereocenters. The normalized spacial score (nSPS) is 14.0. The van der Waals surface area contributed by atoms with Gasteiger partial charge in [-0.25, -0.2) is 8.42 Å². The Morgan fingerprint density at radius 3 is 2.04 bits per heavy atom. The number of hydrogen-bond donors (Lipinski definition) is 2. The number of benzene rings is 2. The van der Waals surface area contributed by atoms with E-state index in [0.717, 1.165) is 11.1 Å². The molecule has 0 heterocycles. The van der Waals surface area contributed by atoms with Gasteiger partial charge < -0.3 is 5.32 Å². The first kappa shape index (κ1) is 20.1. The van der Waals surface area contributed by atoms with Crippen LogP contribution in [-0.4, -0.2) is 20.4 Å². The lowest BCUT2D eigenvalue weighted by Gasteiger charge is -2.24. The van der Waals surface area contributed by atoms with E-state index in [0.29, 0.717) is 0 Å². The van der Waals surface area contributed by atoms with Gasteiger partial charge in [-0.15, -0.1) is 0 Å². The summed E-state index contributed by atoms with van der Waals surface area (Å²) in [5, 5.41) is 2.89. The Bertz CT molecular complexity index is 831. The maximum atomic E-state index is 12.7. The summed E-state index contributed by atoms with van der Waals surface area (Å²) >= 11 is 0. The number of rotatable bonds is 7. The van der Waals surface area contributed by atoms with Crippen molar-refractivity contribution in [3.05, 3.63) is 65.7 Å². The molecular weight excluding hydrogens is 348 g/mol. The lowest BCUT2D eigenvalue weighted by atomic mass is 10.0. The van der Waals surface area contributed by atoms with E-state index in [1.807, 2.05) is 58.0 Å². The van der Waals surface area contributed by atoms with Crippen LogP contribution in [0.2, 0.25) is 0 Å². The van der Waals surface area contributed by atoms with E-state index >= 15 is 0 Å². The minimum atomic E-state index is -3.78. The van der Waals surface area contributed by atoms with Gasteiger partial charge in [-0.05, 0) is 37.5 Å². The first-order chi connectivity index (χ1) is 12.2. The predicted octanol–water partition coefficient (Wildman–Crippen LogP) is 3.18. The van der Waals surface area contributed by atoms with Crippen LogP contribution in [0.1, 0.15) is 37.9 Å². The second-order valence-electron chi connectivity index (χ2n) is 6.80. The molecule has 2 N–H and O–H groups in total. The van der Waals surface area contributed by atoms with E-state index in [-0.39, 0.29) is 22.8 Å². The van der Waals surface area contributed by atoms with Crippen molar-refractivity contribution >= 4 is 15.9 Å². The summed E-state index contributed by atoms with van der Waals surface area (Å²) in [6.07, 6.45) is 0. The number of amides is 1. The fourth-order valence-electron chi connectivity index (χ4n) is 2.57. The average Bonchev–Trinajstić information content (AvgIpc) is 2.60. The molecule has 0 fully saturated rings. The summed E-state index contributed by atoms with van der Waals surface area (Å²) in [5.41, 5.74) is 1.93. The molecule has 0 saturated heterocycles. The average molecular weight is 375 g/mol. The lowest BCUT2D eigenvalue weighted by Crippen LogP contribution is -2.50. The summed E-state index contributed by atoms with van der Waals surface area (Å²) in [6.45, 7) is 7.39. The van der Waals surface area contributed by atoms with Gasteiger partial charge in [-0.2, -0.15) is 4.72 Å². The Labute approximate surface area is 155 Å². The summed E-state index contributed by atoms with van der Waals surface area (Å²) in [6, 6.07) is 15.0. The minimum absolute atomic E-state index is 0.151. The molecule has 0 saturated carbocycles. The number of nitrogens with one attached hydrogen (secondary N) is 2. The predicted molar refractivity (Wildman–Crippen MR) is 103 cm³/mol. The zero-order valence-electron chi connectivity index (χ0n) is 15.6. The van der Waals surface area contributed by atoms with Gasteiger partial charge in [0, 0.05) is 0 Å². The zero-order valence-corrected chi connectivity index (χ0v) is 16.4. The number of carbonyl (C=O) groups is 1. The van der Waals surface area contributed by atoms with Gasteiger partial charge in [0.2, 0.25) is 15.9 Å². The van der Waals surface area contributed by atoms with Crippen molar-refractivity contribution in [3.63, 3.8) is 0 Å². The second kappa shape index (κ2) is 8.47. The third kappa shape index (κ3) is 5.16. The number of carbonyl (C=O) groups excluding carboxylic acids is 1. The van der Waals surface area contributed by atoms with Crippen LogP contribution < -0.4 is 10.0 Å². The highest BCUT2D eigenvalue weighted by molar-refractivity contribution is 7.89. The summed E-state index contributed by atoms with van der Waals surface area (Å²) < 4.78 is 27.8. The molecule has 140 valence electrons. The molecule has 2 aromatic rings. The highest BCUT2D eigenvalue weighted by atomic mass is 32.2. The van der Waals surface area contributed by atoms with Gasteiger partial charge in [-0.1, -0.05) is 61.9 Å². The minimum Gasteiger partial charge on any atom is -0.348 e. The quantitative estimate of drug-likeness (QED) is 0.782. The summed E-state index contributed by atoms with van der Waals surface area (Å²) in [4.78, 5) is 12.8. The van der Waals surface area contributed by atoms with Crippen LogP contribution in [-0.2, 0) is 14.8 Å². The number of hydrogen-bond acceptors (Lipinski definition) is 3. The first-order valence-electron chi connectivity index (χ1n) is 8.65. The van der Waals surface area contributed by atoms with Gasteiger partial charge in [0.15, 0.2) is 0 Å². The van der Waals surface area contributed by atoms with Crippen LogP contribution in [0.15, 0.2) is 59.5 Å². The third-order valence-electron chi connectivity index (χ3n) is 4.22. The van der Waals surface area contributed by atoms with Crippen molar-refractivity contribution in [2.45, 2.75) is 44.7 Å². The van der Waals surface area contributed by atoms with Gasteiger partial charge in [0.05, 0.1) is 10.9 Å². The molecule has 0 aliphatic rings. The summed E-state index contributed by atoms with van der Waals surface area (Å²) in [5.74, 6) is -0.537. The van der Waals surface area contributed by atoms with Crippen molar-refractivity contribution in [1.82, 2.24) is 10.0 Å². The molecule has 1 amide bonds. The van der Waals surface area contributed by atoms with Crippen molar-refractivity contribution in [1.29, 1.82) is 0 Å². The van der Waals surface area contributed by atoms with E-state index in [1.165, 1.54) is 0 Å². The SMILES string of the molecule is Cc1ccc(S(=O)(=O)N[C@@H](C(=O)N[C@H](C)c2ccccc2)C(C)C)cc1.